The molecule has 3 aromatic rings. The van der Waals surface area contributed by atoms with Crippen LogP contribution in [0, 0.1) is 5.82 Å². The predicted molar refractivity (Wildman–Crippen MR) is 85.5 cm³/mol. The van der Waals surface area contributed by atoms with Crippen molar-refractivity contribution in [3.8, 4) is 0 Å². The van der Waals surface area contributed by atoms with Crippen molar-refractivity contribution < 1.29 is 4.39 Å². The molecule has 0 saturated carbocycles. The van der Waals surface area contributed by atoms with Crippen LogP contribution in [0.4, 0.5) is 4.39 Å². The molecule has 0 aliphatic heterocycles. The lowest BCUT2D eigenvalue weighted by molar-refractivity contribution is 0.626. The van der Waals surface area contributed by atoms with E-state index < -0.39 is 0 Å². The molecule has 0 N–H and O–H groups in total. The summed E-state index contributed by atoms with van der Waals surface area (Å²) in [7, 11) is 0. The Morgan fingerprint density at radius 3 is 2.48 bits per heavy atom. The van der Waals surface area contributed by atoms with Crippen LogP contribution in [0.5, 0.6) is 0 Å². The Bertz CT molecular complexity index is 828. The lowest BCUT2D eigenvalue weighted by Crippen LogP contribution is -1.96. The van der Waals surface area contributed by atoms with Gasteiger partial charge >= 0.3 is 0 Å². The molecule has 0 spiro atoms. The molecule has 0 aromatic heterocycles. The van der Waals surface area contributed by atoms with Gasteiger partial charge in [0.25, 0.3) is 0 Å². The fourth-order valence-electron chi connectivity index (χ4n) is 3.33. The van der Waals surface area contributed by atoms with Crippen molar-refractivity contribution in [3.63, 3.8) is 0 Å². The Kier molecular flexibility index (Phi) is 2.97. The first-order chi connectivity index (χ1) is 10.2. The number of halogens is 2. The lowest BCUT2D eigenvalue weighted by Gasteiger charge is -2.15. The number of hydrogen-bond donors (Lipinski definition) is 0. The number of aryl methyl sites for hydroxylation is 2. The number of alkyl halides is 1. The molecular formula is C19H14ClF. The summed E-state index contributed by atoms with van der Waals surface area (Å²) in [6, 6.07) is 17.2. The minimum Gasteiger partial charge on any atom is -0.207 e. The second-order valence-electron chi connectivity index (χ2n) is 5.57. The normalized spacial score (nSPS) is 14.6. The Balaban J connectivity index is 1.92. The maximum Gasteiger partial charge on any atom is 0.123 e. The molecule has 4 rings (SSSR count). The van der Waals surface area contributed by atoms with Crippen molar-refractivity contribution in [2.75, 3.05) is 0 Å². The molecule has 0 bridgehead atoms. The zero-order valence-corrected chi connectivity index (χ0v) is 12.2. The molecule has 104 valence electrons. The molecule has 1 aliphatic carbocycles. The summed E-state index contributed by atoms with van der Waals surface area (Å²) in [5, 5.41) is 2.22. The monoisotopic (exact) mass is 296 g/mol. The smallest absolute Gasteiger partial charge is 0.123 e. The molecule has 0 fully saturated rings. The Morgan fingerprint density at radius 1 is 0.905 bits per heavy atom. The molecule has 3 aromatic carbocycles. The highest BCUT2D eigenvalue weighted by Gasteiger charge is 2.20. The predicted octanol–water partition coefficient (Wildman–Crippen LogP) is 5.41. The van der Waals surface area contributed by atoms with Gasteiger partial charge in [-0.05, 0) is 58.0 Å². The van der Waals surface area contributed by atoms with E-state index in [0.29, 0.717) is 0 Å². The van der Waals surface area contributed by atoms with Crippen LogP contribution in [0.25, 0.3) is 10.8 Å². The van der Waals surface area contributed by atoms with Crippen LogP contribution in [-0.4, -0.2) is 0 Å². The van der Waals surface area contributed by atoms with Gasteiger partial charge in [-0.1, -0.05) is 42.5 Å². The van der Waals surface area contributed by atoms with Crippen molar-refractivity contribution >= 4 is 22.4 Å². The van der Waals surface area contributed by atoms with Gasteiger partial charge in [-0.3, -0.25) is 0 Å². The van der Waals surface area contributed by atoms with Crippen LogP contribution in [0.15, 0.2) is 54.6 Å². The van der Waals surface area contributed by atoms with Crippen molar-refractivity contribution in [2.45, 2.75) is 18.2 Å². The SMILES string of the molecule is Fc1cccc(C(Cl)c2ccc3c4c(cccc24)CC3)c1. The third-order valence-electron chi connectivity index (χ3n) is 4.33. The van der Waals surface area contributed by atoms with Crippen molar-refractivity contribution in [2.24, 2.45) is 0 Å². The van der Waals surface area contributed by atoms with Crippen LogP contribution in [0.1, 0.15) is 27.6 Å². The van der Waals surface area contributed by atoms with Gasteiger partial charge in [-0.15, -0.1) is 11.6 Å². The van der Waals surface area contributed by atoms with Crippen LogP contribution in [0.3, 0.4) is 0 Å². The molecular weight excluding hydrogens is 283 g/mol. The molecule has 0 radical (unpaired) electrons. The van der Waals surface area contributed by atoms with E-state index in [9.17, 15) is 4.39 Å². The molecule has 0 amide bonds. The van der Waals surface area contributed by atoms with E-state index >= 15 is 0 Å². The fourth-order valence-corrected chi connectivity index (χ4v) is 3.66. The third kappa shape index (κ3) is 2.04. The quantitative estimate of drug-likeness (QED) is 0.555. The summed E-state index contributed by atoms with van der Waals surface area (Å²) in [6.45, 7) is 0. The first-order valence-corrected chi connectivity index (χ1v) is 7.60. The topological polar surface area (TPSA) is 0 Å². The molecule has 0 nitrogen and oxygen atoms in total. The van der Waals surface area contributed by atoms with Crippen molar-refractivity contribution in [1.29, 1.82) is 0 Å². The number of hydrogen-bond acceptors (Lipinski definition) is 0. The zero-order chi connectivity index (χ0) is 14.4. The summed E-state index contributed by atoms with van der Waals surface area (Å²) in [6.07, 6.45) is 2.20. The van der Waals surface area contributed by atoms with Gasteiger partial charge in [0.1, 0.15) is 5.82 Å². The molecule has 1 unspecified atom stereocenters. The molecule has 21 heavy (non-hydrogen) atoms. The van der Waals surface area contributed by atoms with Gasteiger partial charge in [-0.2, -0.15) is 0 Å². The van der Waals surface area contributed by atoms with Crippen molar-refractivity contribution in [3.05, 3.63) is 82.7 Å². The average Bonchev–Trinajstić information content (AvgIpc) is 2.92. The zero-order valence-electron chi connectivity index (χ0n) is 11.4. The number of rotatable bonds is 2. The van der Waals surface area contributed by atoms with E-state index in [1.807, 2.05) is 6.07 Å². The second-order valence-corrected chi connectivity index (χ2v) is 6.01. The van der Waals surface area contributed by atoms with Crippen LogP contribution in [-0.2, 0) is 12.8 Å². The average molecular weight is 297 g/mol. The van der Waals surface area contributed by atoms with Crippen molar-refractivity contribution in [1.82, 2.24) is 0 Å². The Hall–Kier alpha value is -1.86. The maximum atomic E-state index is 13.4. The Labute approximate surface area is 128 Å². The van der Waals surface area contributed by atoms with E-state index in [1.54, 1.807) is 6.07 Å². The number of benzene rings is 3. The van der Waals surface area contributed by atoms with Crippen LogP contribution >= 0.6 is 11.6 Å². The third-order valence-corrected chi connectivity index (χ3v) is 4.81. The Morgan fingerprint density at radius 2 is 1.67 bits per heavy atom. The van der Waals surface area contributed by atoms with Gasteiger partial charge < -0.3 is 0 Å². The first-order valence-electron chi connectivity index (χ1n) is 7.17. The van der Waals surface area contributed by atoms with Gasteiger partial charge in [0.15, 0.2) is 0 Å². The maximum absolute atomic E-state index is 13.4. The molecule has 1 atom stereocenters. The summed E-state index contributed by atoms with van der Waals surface area (Å²) >= 11 is 6.64. The van der Waals surface area contributed by atoms with E-state index in [0.717, 1.165) is 24.0 Å². The molecule has 1 aliphatic rings. The standard InChI is InChI=1S/C19H14ClF/c20-19(14-4-1-5-15(21)11-14)17-10-9-13-8-7-12-3-2-6-16(17)18(12)13/h1-6,9-11,19H,7-8H2. The highest BCUT2D eigenvalue weighted by Crippen LogP contribution is 2.39. The second kappa shape index (κ2) is 4.85. The van der Waals surface area contributed by atoms with Crippen LogP contribution < -0.4 is 0 Å². The summed E-state index contributed by atoms with van der Waals surface area (Å²) < 4.78 is 13.4. The van der Waals surface area contributed by atoms with Gasteiger partial charge in [-0.25, -0.2) is 4.39 Å². The van der Waals surface area contributed by atoms with Gasteiger partial charge in [0.05, 0.1) is 5.38 Å². The lowest BCUT2D eigenvalue weighted by atomic mass is 9.95. The summed E-state index contributed by atoms with van der Waals surface area (Å²) in [5.74, 6) is -0.246. The van der Waals surface area contributed by atoms with E-state index in [2.05, 4.69) is 30.3 Å². The minimum atomic E-state index is -0.328. The largest absolute Gasteiger partial charge is 0.207 e. The highest BCUT2D eigenvalue weighted by atomic mass is 35.5. The van der Waals surface area contributed by atoms with Gasteiger partial charge in [0.2, 0.25) is 0 Å². The molecule has 0 saturated heterocycles. The van der Waals surface area contributed by atoms with Gasteiger partial charge in [0, 0.05) is 0 Å². The van der Waals surface area contributed by atoms with Crippen LogP contribution in [0.2, 0.25) is 0 Å². The summed E-state index contributed by atoms with van der Waals surface area (Å²) in [4.78, 5) is 0. The van der Waals surface area contributed by atoms with E-state index in [-0.39, 0.29) is 11.2 Å². The van der Waals surface area contributed by atoms with E-state index in [1.165, 1.54) is 34.0 Å². The highest BCUT2D eigenvalue weighted by molar-refractivity contribution is 6.23. The molecule has 0 heterocycles. The minimum absolute atomic E-state index is 0.246. The fraction of sp³-hybridized carbons (Fsp3) is 0.158. The van der Waals surface area contributed by atoms with E-state index in [4.69, 9.17) is 11.6 Å². The summed E-state index contributed by atoms with van der Waals surface area (Å²) in [5.41, 5.74) is 4.65. The first kappa shape index (κ1) is 12.8. The molecule has 2 heteroatoms.